The third-order valence-electron chi connectivity index (χ3n) is 1.38. The summed E-state index contributed by atoms with van der Waals surface area (Å²) in [6.07, 6.45) is 0.107. The van der Waals surface area contributed by atoms with E-state index in [0.717, 1.165) is 5.75 Å². The summed E-state index contributed by atoms with van der Waals surface area (Å²) in [6.45, 7) is 9.94. The van der Waals surface area contributed by atoms with E-state index < -0.39 is 5.69 Å². The van der Waals surface area contributed by atoms with Crippen molar-refractivity contribution in [3.63, 3.8) is 0 Å². The molecule has 0 heterocycles. The first-order valence-corrected chi connectivity index (χ1v) is 11.3. The monoisotopic (exact) mass is 331 g/mol. The molecule has 0 radical (unpaired) electrons. The van der Waals surface area contributed by atoms with Crippen molar-refractivity contribution in [2.75, 3.05) is 12.3 Å². The highest BCUT2D eigenvalue weighted by Gasteiger charge is 2.23. The summed E-state index contributed by atoms with van der Waals surface area (Å²) >= 11 is 5.48. The fraction of sp³-hybridized carbons (Fsp3) is 0.900. The lowest BCUT2D eigenvalue weighted by Crippen LogP contribution is -2.22. The van der Waals surface area contributed by atoms with Gasteiger partial charge in [0.1, 0.15) is 0 Å². The minimum Gasteiger partial charge on any atom is -0.355 e. The second-order valence-corrected chi connectivity index (χ2v) is 12.3. The second-order valence-electron chi connectivity index (χ2n) is 4.14. The Balaban J connectivity index is 4.09. The van der Waals surface area contributed by atoms with Crippen LogP contribution in [-0.2, 0) is 25.6 Å². The van der Waals surface area contributed by atoms with Crippen molar-refractivity contribution in [2.24, 2.45) is 0 Å². The number of carbonyl (C=O) groups is 1. The maximum Gasteiger partial charge on any atom is 0.258 e. The molecular weight excluding hydrogens is 309 g/mol. The highest BCUT2D eigenvalue weighted by molar-refractivity contribution is 9.03. The van der Waals surface area contributed by atoms with Crippen LogP contribution in [0.3, 0.4) is 0 Å². The van der Waals surface area contributed by atoms with Gasteiger partial charge in [-0.3, -0.25) is 4.79 Å². The van der Waals surface area contributed by atoms with Crippen LogP contribution < -0.4 is 5.32 Å². The van der Waals surface area contributed by atoms with Crippen LogP contribution >= 0.6 is 26.9 Å². The quantitative estimate of drug-likeness (QED) is 0.396. The second kappa shape index (κ2) is 9.61. The van der Waals surface area contributed by atoms with Crippen LogP contribution in [0.4, 0.5) is 0 Å². The number of rotatable bonds is 9. The molecule has 0 bridgehead atoms. The molecule has 0 aliphatic heterocycles. The van der Waals surface area contributed by atoms with Crippen LogP contribution in [0.25, 0.3) is 0 Å². The van der Waals surface area contributed by atoms with E-state index >= 15 is 0 Å². The van der Waals surface area contributed by atoms with Crippen molar-refractivity contribution >= 4 is 44.6 Å². The van der Waals surface area contributed by atoms with Crippen LogP contribution in [0.15, 0.2) is 0 Å². The molecule has 0 saturated carbocycles. The van der Waals surface area contributed by atoms with Crippen molar-refractivity contribution in [1.29, 1.82) is 0 Å². The standard InChI is InChI=1S/C10H22NO3PS3/c1-8(2)13-15(16,14-9(3)4)18-17-7-6-11-10(5)12/h8-9H,6-7H2,1-5H3,(H,11,12). The lowest BCUT2D eigenvalue weighted by atomic mass is 10.5. The fourth-order valence-electron chi connectivity index (χ4n) is 0.947. The predicted octanol–water partition coefficient (Wildman–Crippen LogP) is 3.58. The molecule has 0 aliphatic carbocycles. The zero-order valence-corrected chi connectivity index (χ0v) is 14.8. The van der Waals surface area contributed by atoms with Crippen molar-refractivity contribution < 1.29 is 13.8 Å². The van der Waals surface area contributed by atoms with Crippen LogP contribution in [0, 0.1) is 0 Å². The van der Waals surface area contributed by atoms with Gasteiger partial charge in [-0.15, -0.1) is 0 Å². The van der Waals surface area contributed by atoms with Gasteiger partial charge in [0.05, 0.1) is 12.2 Å². The third kappa shape index (κ3) is 10.6. The molecule has 0 aromatic carbocycles. The van der Waals surface area contributed by atoms with E-state index in [4.69, 9.17) is 20.9 Å². The highest BCUT2D eigenvalue weighted by atomic mass is 33.4. The summed E-state index contributed by atoms with van der Waals surface area (Å²) in [5.74, 6) is 0.767. The van der Waals surface area contributed by atoms with Crippen LogP contribution in [0.2, 0.25) is 0 Å². The summed E-state index contributed by atoms with van der Waals surface area (Å²) in [5.41, 5.74) is -2.30. The van der Waals surface area contributed by atoms with Gasteiger partial charge in [-0.05, 0) is 49.9 Å². The Hall–Kier alpha value is 0.740. The Morgan fingerprint density at radius 1 is 1.28 bits per heavy atom. The van der Waals surface area contributed by atoms with E-state index in [9.17, 15) is 4.79 Å². The van der Waals surface area contributed by atoms with Crippen LogP contribution in [0.5, 0.6) is 0 Å². The third-order valence-corrected chi connectivity index (χ3v) is 10.0. The molecule has 0 unspecified atom stereocenters. The molecule has 18 heavy (non-hydrogen) atoms. The lowest BCUT2D eigenvalue weighted by Gasteiger charge is -2.24. The van der Waals surface area contributed by atoms with E-state index in [-0.39, 0.29) is 18.1 Å². The smallest absolute Gasteiger partial charge is 0.258 e. The Labute approximate surface area is 123 Å². The molecule has 0 aliphatic rings. The summed E-state index contributed by atoms with van der Waals surface area (Å²) in [4.78, 5) is 10.7. The maximum absolute atomic E-state index is 10.7. The number of hydrogen-bond donors (Lipinski definition) is 1. The minimum atomic E-state index is -2.30. The molecule has 108 valence electrons. The van der Waals surface area contributed by atoms with Crippen molar-refractivity contribution in [3.05, 3.63) is 0 Å². The summed E-state index contributed by atoms with van der Waals surface area (Å²) in [6, 6.07) is 0. The molecule has 0 aromatic rings. The predicted molar refractivity (Wildman–Crippen MR) is 85.5 cm³/mol. The Morgan fingerprint density at radius 3 is 2.17 bits per heavy atom. The summed E-state index contributed by atoms with van der Waals surface area (Å²) in [5, 5.41) is 2.74. The van der Waals surface area contributed by atoms with Gasteiger partial charge in [0.2, 0.25) is 5.91 Å². The van der Waals surface area contributed by atoms with Gasteiger partial charge >= 0.3 is 0 Å². The molecule has 0 fully saturated rings. The largest absolute Gasteiger partial charge is 0.355 e. The van der Waals surface area contributed by atoms with E-state index in [1.807, 2.05) is 27.7 Å². The fourth-order valence-corrected chi connectivity index (χ4v) is 9.25. The number of hydrogen-bond acceptors (Lipinski definition) is 6. The normalized spacial score (nSPS) is 12.2. The average Bonchev–Trinajstić information content (AvgIpc) is 2.13. The molecule has 1 amide bonds. The van der Waals surface area contributed by atoms with Crippen molar-refractivity contribution in [2.45, 2.75) is 46.8 Å². The molecule has 4 nitrogen and oxygen atoms in total. The van der Waals surface area contributed by atoms with Crippen LogP contribution in [-0.4, -0.2) is 30.4 Å². The molecule has 8 heteroatoms. The van der Waals surface area contributed by atoms with E-state index in [1.165, 1.54) is 17.3 Å². The number of amides is 1. The average molecular weight is 331 g/mol. The Bertz CT molecular complexity index is 286. The zero-order chi connectivity index (χ0) is 14.2. The first kappa shape index (κ1) is 18.7. The molecular formula is C10H22NO3PS3. The molecule has 0 aromatic heterocycles. The molecule has 0 atom stereocenters. The number of nitrogens with one attached hydrogen (secondary N) is 1. The molecule has 0 saturated heterocycles. The highest BCUT2D eigenvalue weighted by Crippen LogP contribution is 2.66. The first-order valence-electron chi connectivity index (χ1n) is 5.77. The van der Waals surface area contributed by atoms with Crippen molar-refractivity contribution in [1.82, 2.24) is 5.32 Å². The Morgan fingerprint density at radius 2 is 1.78 bits per heavy atom. The summed E-state index contributed by atoms with van der Waals surface area (Å²) in [7, 11) is 3.06. The molecule has 0 spiro atoms. The minimum absolute atomic E-state index is 0.0168. The van der Waals surface area contributed by atoms with Gasteiger partial charge in [-0.1, -0.05) is 10.8 Å². The topological polar surface area (TPSA) is 47.6 Å². The van der Waals surface area contributed by atoms with Crippen molar-refractivity contribution in [3.8, 4) is 0 Å². The summed E-state index contributed by atoms with van der Waals surface area (Å²) < 4.78 is 11.5. The lowest BCUT2D eigenvalue weighted by molar-refractivity contribution is -0.118. The molecule has 1 N–H and O–H groups in total. The molecule has 0 rings (SSSR count). The van der Waals surface area contributed by atoms with Gasteiger partial charge in [-0.25, -0.2) is 0 Å². The van der Waals surface area contributed by atoms with Gasteiger partial charge < -0.3 is 14.4 Å². The maximum atomic E-state index is 10.7. The number of carbonyl (C=O) groups excluding carboxylic acids is 1. The SMILES string of the molecule is CC(=O)NCCSSP(=S)(OC(C)C)OC(C)C. The van der Waals surface area contributed by atoms with E-state index in [0.29, 0.717) is 6.54 Å². The van der Waals surface area contributed by atoms with Gasteiger partial charge in [-0.2, -0.15) is 0 Å². The van der Waals surface area contributed by atoms with E-state index in [1.54, 1.807) is 10.8 Å². The first-order chi connectivity index (χ1) is 8.25. The van der Waals surface area contributed by atoms with Gasteiger partial charge in [0.15, 0.2) is 0 Å². The van der Waals surface area contributed by atoms with Gasteiger partial charge in [0, 0.05) is 19.2 Å². The van der Waals surface area contributed by atoms with E-state index in [2.05, 4.69) is 5.32 Å². The van der Waals surface area contributed by atoms with Gasteiger partial charge in [0.25, 0.3) is 5.69 Å². The Kier molecular flexibility index (Phi) is 10.0. The van der Waals surface area contributed by atoms with Crippen LogP contribution in [0.1, 0.15) is 34.6 Å². The zero-order valence-electron chi connectivity index (χ0n) is 11.5.